The third kappa shape index (κ3) is 5.50. The van der Waals surface area contributed by atoms with Crippen LogP contribution in [-0.4, -0.2) is 56.7 Å². The number of aromatic nitrogens is 2. The van der Waals surface area contributed by atoms with Gasteiger partial charge in [0.05, 0.1) is 6.04 Å². The molecule has 10 heteroatoms. The van der Waals surface area contributed by atoms with Crippen LogP contribution in [0.4, 0.5) is 0 Å². The number of aliphatic carboxylic acids is 1. The summed E-state index contributed by atoms with van der Waals surface area (Å²) in [7, 11) is 0. The van der Waals surface area contributed by atoms with Crippen LogP contribution in [-0.2, 0) is 27.2 Å². The predicted octanol–water partition coefficient (Wildman–Crippen LogP) is 1.75. The van der Waals surface area contributed by atoms with Crippen LogP contribution in [0.25, 0.3) is 21.8 Å². The van der Waals surface area contributed by atoms with E-state index in [1.807, 2.05) is 54.7 Å². The second-order valence-electron chi connectivity index (χ2n) is 8.38. The fourth-order valence-electron chi connectivity index (χ4n) is 4.10. The van der Waals surface area contributed by atoms with Crippen molar-refractivity contribution in [1.29, 1.82) is 0 Å². The maximum atomic E-state index is 13.1. The highest BCUT2D eigenvalue weighted by molar-refractivity contribution is 7.80. The third-order valence-electron chi connectivity index (χ3n) is 5.98. The van der Waals surface area contributed by atoms with Gasteiger partial charge in [-0.15, -0.1) is 0 Å². The van der Waals surface area contributed by atoms with E-state index in [0.717, 1.165) is 32.9 Å². The van der Waals surface area contributed by atoms with Gasteiger partial charge in [0.25, 0.3) is 0 Å². The van der Waals surface area contributed by atoms with E-state index in [1.54, 1.807) is 6.20 Å². The largest absolute Gasteiger partial charge is 0.480 e. The van der Waals surface area contributed by atoms with Gasteiger partial charge in [-0.25, -0.2) is 4.79 Å². The Morgan fingerprint density at radius 1 is 0.829 bits per heavy atom. The van der Waals surface area contributed by atoms with Gasteiger partial charge in [0.1, 0.15) is 12.1 Å². The second kappa shape index (κ2) is 10.7. The number of carbonyl (C=O) groups excluding carboxylic acids is 2. The highest BCUT2D eigenvalue weighted by atomic mass is 32.1. The van der Waals surface area contributed by atoms with Crippen molar-refractivity contribution in [3.05, 3.63) is 72.1 Å². The molecule has 4 aromatic rings. The molecule has 0 aliphatic heterocycles. The predicted molar refractivity (Wildman–Crippen MR) is 137 cm³/mol. The number of carbonyl (C=O) groups is 3. The summed E-state index contributed by atoms with van der Waals surface area (Å²) in [6.07, 6.45) is 4.01. The normalized spacial score (nSPS) is 13.9. The number of amides is 2. The molecule has 7 N–H and O–H groups in total. The lowest BCUT2D eigenvalue weighted by Crippen LogP contribution is -2.55. The zero-order valence-corrected chi connectivity index (χ0v) is 19.7. The van der Waals surface area contributed by atoms with Gasteiger partial charge in [0, 0.05) is 46.4 Å². The molecule has 0 spiro atoms. The Morgan fingerprint density at radius 2 is 1.34 bits per heavy atom. The van der Waals surface area contributed by atoms with Gasteiger partial charge in [-0.3, -0.25) is 9.59 Å². The molecule has 0 radical (unpaired) electrons. The summed E-state index contributed by atoms with van der Waals surface area (Å²) < 4.78 is 0. The van der Waals surface area contributed by atoms with E-state index in [9.17, 15) is 19.5 Å². The molecule has 9 nitrogen and oxygen atoms in total. The highest BCUT2D eigenvalue weighted by Crippen LogP contribution is 2.20. The molecule has 0 aliphatic rings. The molecule has 3 atom stereocenters. The number of para-hydroxylation sites is 2. The lowest BCUT2D eigenvalue weighted by molar-refractivity contribution is -0.141. The molecule has 0 aliphatic carbocycles. The second-order valence-corrected chi connectivity index (χ2v) is 8.74. The number of hydrogen-bond donors (Lipinski definition) is 7. The monoisotopic (exact) mass is 493 g/mol. The molecule has 0 fully saturated rings. The van der Waals surface area contributed by atoms with Crippen LogP contribution < -0.4 is 16.4 Å². The number of carboxylic acids is 1. The van der Waals surface area contributed by atoms with Crippen LogP contribution >= 0.6 is 12.6 Å². The highest BCUT2D eigenvalue weighted by Gasteiger charge is 2.28. The zero-order chi connectivity index (χ0) is 24.9. The summed E-state index contributed by atoms with van der Waals surface area (Å²) in [6.45, 7) is 0. The topological polar surface area (TPSA) is 153 Å². The van der Waals surface area contributed by atoms with E-state index in [1.165, 1.54) is 0 Å². The lowest BCUT2D eigenvalue weighted by atomic mass is 10.0. The first-order chi connectivity index (χ1) is 16.9. The van der Waals surface area contributed by atoms with Crippen molar-refractivity contribution >= 4 is 52.2 Å². The minimum absolute atomic E-state index is 0.0884. The van der Waals surface area contributed by atoms with Crippen molar-refractivity contribution < 1.29 is 19.5 Å². The van der Waals surface area contributed by atoms with E-state index in [0.29, 0.717) is 0 Å². The van der Waals surface area contributed by atoms with Crippen LogP contribution in [0.3, 0.4) is 0 Å². The number of hydrogen-bond acceptors (Lipinski definition) is 5. The van der Waals surface area contributed by atoms with Gasteiger partial charge in [-0.05, 0) is 29.7 Å². The molecule has 4 rings (SSSR count). The van der Waals surface area contributed by atoms with Crippen molar-refractivity contribution in [2.45, 2.75) is 31.0 Å². The summed E-state index contributed by atoms with van der Waals surface area (Å²) in [4.78, 5) is 43.8. The summed E-state index contributed by atoms with van der Waals surface area (Å²) in [5.41, 5.74) is 9.75. The number of H-pyrrole nitrogens is 2. The zero-order valence-electron chi connectivity index (χ0n) is 18.8. The number of thiol groups is 1. The third-order valence-corrected chi connectivity index (χ3v) is 6.35. The van der Waals surface area contributed by atoms with Gasteiger partial charge < -0.3 is 31.4 Å². The number of carboxylic acid groups (broad SMARTS) is 1. The Balaban J connectivity index is 1.53. The first-order valence-corrected chi connectivity index (χ1v) is 11.8. The van der Waals surface area contributed by atoms with Crippen molar-refractivity contribution in [2.24, 2.45) is 5.73 Å². The Labute approximate surface area is 206 Å². The molecule has 2 aromatic carbocycles. The lowest BCUT2D eigenvalue weighted by Gasteiger charge is -2.22. The molecular weight excluding hydrogens is 466 g/mol. The summed E-state index contributed by atoms with van der Waals surface area (Å²) in [5.74, 6) is -2.42. The Morgan fingerprint density at radius 3 is 1.89 bits per heavy atom. The van der Waals surface area contributed by atoms with E-state index in [2.05, 4.69) is 33.2 Å². The van der Waals surface area contributed by atoms with Gasteiger partial charge >= 0.3 is 5.97 Å². The number of benzene rings is 2. The van der Waals surface area contributed by atoms with Gasteiger partial charge in [0.15, 0.2) is 0 Å². The molecule has 182 valence electrons. The maximum absolute atomic E-state index is 13.1. The van der Waals surface area contributed by atoms with Crippen molar-refractivity contribution in [3.8, 4) is 0 Å². The first kappa shape index (κ1) is 24.4. The van der Waals surface area contributed by atoms with Gasteiger partial charge in [0.2, 0.25) is 11.8 Å². The molecule has 2 amide bonds. The average molecular weight is 494 g/mol. The van der Waals surface area contributed by atoms with E-state index >= 15 is 0 Å². The molecule has 3 unspecified atom stereocenters. The SMILES string of the molecule is NC(Cc1c[nH]c2ccccc12)C(=O)NC(Cc1c[nH]c2ccccc12)C(=O)NC(CS)C(=O)O. The molecular formula is C25H27N5O4S. The summed E-state index contributed by atoms with van der Waals surface area (Å²) in [6, 6.07) is 12.2. The molecule has 2 aromatic heterocycles. The minimum Gasteiger partial charge on any atom is -0.480 e. The number of nitrogens with one attached hydrogen (secondary N) is 4. The van der Waals surface area contributed by atoms with Gasteiger partial charge in [-0.1, -0.05) is 36.4 Å². The molecule has 0 saturated carbocycles. The van der Waals surface area contributed by atoms with E-state index in [4.69, 9.17) is 5.73 Å². The standard InChI is InChI=1S/C25H27N5O4S/c26-18(9-14-11-27-19-7-3-1-5-16(14)19)23(31)29-21(24(32)30-22(13-35)25(33)34)10-15-12-28-20-8-4-2-6-17(15)20/h1-8,11-12,18,21-22,27-28,35H,9-10,13,26H2,(H,29,31)(H,30,32)(H,33,34). The Hall–Kier alpha value is -3.76. The van der Waals surface area contributed by atoms with Crippen LogP contribution in [0.1, 0.15) is 11.1 Å². The average Bonchev–Trinajstić information content (AvgIpc) is 3.46. The molecule has 0 bridgehead atoms. The molecule has 2 heterocycles. The maximum Gasteiger partial charge on any atom is 0.327 e. The van der Waals surface area contributed by atoms with Crippen LogP contribution in [0.15, 0.2) is 60.9 Å². The van der Waals surface area contributed by atoms with Crippen molar-refractivity contribution in [2.75, 3.05) is 5.75 Å². The van der Waals surface area contributed by atoms with E-state index < -0.39 is 35.9 Å². The Kier molecular flexibility index (Phi) is 7.42. The fourth-order valence-corrected chi connectivity index (χ4v) is 4.34. The van der Waals surface area contributed by atoms with Crippen LogP contribution in [0, 0.1) is 0 Å². The number of rotatable bonds is 10. The van der Waals surface area contributed by atoms with Crippen molar-refractivity contribution in [1.82, 2.24) is 20.6 Å². The quantitative estimate of drug-likeness (QED) is 0.168. The van der Waals surface area contributed by atoms with Crippen LogP contribution in [0.5, 0.6) is 0 Å². The van der Waals surface area contributed by atoms with Crippen molar-refractivity contribution in [3.63, 3.8) is 0 Å². The Bertz CT molecular complexity index is 1360. The molecule has 0 saturated heterocycles. The number of nitrogens with two attached hydrogens (primary N) is 1. The van der Waals surface area contributed by atoms with Gasteiger partial charge in [-0.2, -0.15) is 12.6 Å². The fraction of sp³-hybridized carbons (Fsp3) is 0.240. The molecule has 35 heavy (non-hydrogen) atoms. The smallest absolute Gasteiger partial charge is 0.327 e. The van der Waals surface area contributed by atoms with E-state index in [-0.39, 0.29) is 18.6 Å². The van der Waals surface area contributed by atoms with Crippen LogP contribution in [0.2, 0.25) is 0 Å². The number of fused-ring (bicyclic) bond motifs is 2. The minimum atomic E-state index is -1.21. The first-order valence-electron chi connectivity index (χ1n) is 11.2. The summed E-state index contributed by atoms with van der Waals surface area (Å²) >= 11 is 4.01. The summed E-state index contributed by atoms with van der Waals surface area (Å²) in [5, 5.41) is 16.4. The number of aromatic amines is 2.